The number of carbonyl (C=O) groups is 4. The Bertz CT molecular complexity index is 1270. The van der Waals surface area contributed by atoms with Gasteiger partial charge in [-0.15, -0.1) is 0 Å². The molecule has 35 heavy (non-hydrogen) atoms. The molecule has 0 aromatic heterocycles. The molecule has 0 saturated heterocycles. The number of phenolic OH excluding ortho intramolecular Hbond substituents is 1. The number of carboxylic acid groups (broad SMARTS) is 1. The van der Waals surface area contributed by atoms with E-state index in [-0.39, 0.29) is 34.0 Å². The van der Waals surface area contributed by atoms with Crippen molar-refractivity contribution >= 4 is 35.3 Å². The molecule has 0 aliphatic carbocycles. The van der Waals surface area contributed by atoms with E-state index >= 15 is 0 Å². The third-order valence-electron chi connectivity index (χ3n) is 5.05. The van der Waals surface area contributed by atoms with Gasteiger partial charge < -0.3 is 15.5 Å². The number of nitrogens with one attached hydrogen (secondary N) is 2. The predicted molar refractivity (Wildman–Crippen MR) is 128 cm³/mol. The Morgan fingerprint density at radius 2 is 1.63 bits per heavy atom. The molecule has 0 heterocycles. The molecule has 0 spiro atoms. The number of hydrogen-bond donors (Lipinski definition) is 4. The Morgan fingerprint density at radius 3 is 2.26 bits per heavy atom. The molecule has 0 bridgehead atoms. The zero-order valence-corrected chi connectivity index (χ0v) is 19.3. The fourth-order valence-corrected chi connectivity index (χ4v) is 3.37. The van der Waals surface area contributed by atoms with Crippen molar-refractivity contribution in [3.63, 3.8) is 0 Å². The van der Waals surface area contributed by atoms with E-state index in [9.17, 15) is 29.4 Å². The van der Waals surface area contributed by atoms with Crippen molar-refractivity contribution in [1.29, 1.82) is 0 Å². The summed E-state index contributed by atoms with van der Waals surface area (Å²) < 4.78 is 0. The number of benzene rings is 3. The predicted octanol–water partition coefficient (Wildman–Crippen LogP) is 3.24. The van der Waals surface area contributed by atoms with Gasteiger partial charge in [0, 0.05) is 17.7 Å². The van der Waals surface area contributed by atoms with Crippen LogP contribution in [0.1, 0.15) is 43.6 Å². The first kappa shape index (κ1) is 25.3. The lowest BCUT2D eigenvalue weighted by atomic mass is 10.1. The van der Waals surface area contributed by atoms with Gasteiger partial charge in [-0.1, -0.05) is 41.9 Å². The van der Waals surface area contributed by atoms with Crippen molar-refractivity contribution in [3.05, 3.63) is 100 Å². The zero-order chi connectivity index (χ0) is 25.5. The topological polar surface area (TPSA) is 136 Å². The van der Waals surface area contributed by atoms with Gasteiger partial charge in [-0.3, -0.25) is 19.8 Å². The van der Waals surface area contributed by atoms with Gasteiger partial charge in [0.15, 0.2) is 0 Å². The average molecular weight is 496 g/mol. The molecular formula is C25H22ClN3O6. The number of nitrogens with zero attached hydrogens (tertiary/aromatic N) is 1. The SMILES string of the molecule is C[C@@H](C(=O)O)N(NC(=O)c1ccccc1)C(=O)c1ccc(C(=O)NCc2cccc(O)c2)cc1Cl. The molecule has 4 N–H and O–H groups in total. The van der Waals surface area contributed by atoms with Crippen molar-refractivity contribution in [2.24, 2.45) is 0 Å². The molecule has 0 unspecified atom stereocenters. The van der Waals surface area contributed by atoms with Gasteiger partial charge in [-0.2, -0.15) is 0 Å². The van der Waals surface area contributed by atoms with Crippen LogP contribution in [0.2, 0.25) is 5.02 Å². The molecular weight excluding hydrogens is 474 g/mol. The van der Waals surface area contributed by atoms with Gasteiger partial charge in [-0.05, 0) is 55.0 Å². The van der Waals surface area contributed by atoms with Crippen LogP contribution in [0.25, 0.3) is 0 Å². The first-order valence-electron chi connectivity index (χ1n) is 10.5. The molecule has 3 aromatic rings. The molecule has 180 valence electrons. The molecule has 0 saturated carbocycles. The van der Waals surface area contributed by atoms with E-state index in [2.05, 4.69) is 10.7 Å². The van der Waals surface area contributed by atoms with Crippen LogP contribution in [-0.2, 0) is 11.3 Å². The normalized spacial score (nSPS) is 11.3. The van der Waals surface area contributed by atoms with Crippen LogP contribution in [0.3, 0.4) is 0 Å². The lowest BCUT2D eigenvalue weighted by Gasteiger charge is -2.27. The van der Waals surface area contributed by atoms with Crippen molar-refractivity contribution < 1.29 is 29.4 Å². The largest absolute Gasteiger partial charge is 0.508 e. The summed E-state index contributed by atoms with van der Waals surface area (Å²) in [6.07, 6.45) is 0. The number of aliphatic carboxylic acids is 1. The molecule has 0 radical (unpaired) electrons. The van der Waals surface area contributed by atoms with Crippen LogP contribution in [0.15, 0.2) is 72.8 Å². The third-order valence-corrected chi connectivity index (χ3v) is 5.36. The quantitative estimate of drug-likeness (QED) is 0.371. The molecule has 3 aromatic carbocycles. The Morgan fingerprint density at radius 1 is 0.914 bits per heavy atom. The van der Waals surface area contributed by atoms with E-state index in [0.29, 0.717) is 10.6 Å². The second-order valence-electron chi connectivity index (χ2n) is 7.54. The number of carboxylic acids is 1. The Labute approximate surface area is 205 Å². The summed E-state index contributed by atoms with van der Waals surface area (Å²) in [5.41, 5.74) is 3.30. The summed E-state index contributed by atoms with van der Waals surface area (Å²) in [7, 11) is 0. The Hall–Kier alpha value is -4.37. The van der Waals surface area contributed by atoms with E-state index in [0.717, 1.165) is 0 Å². The van der Waals surface area contributed by atoms with Crippen molar-refractivity contribution in [2.45, 2.75) is 19.5 Å². The number of carbonyl (C=O) groups excluding carboxylic acids is 3. The second kappa shape index (κ2) is 11.2. The average Bonchev–Trinajstić information content (AvgIpc) is 2.85. The van der Waals surface area contributed by atoms with Gasteiger partial charge in [0.1, 0.15) is 11.8 Å². The summed E-state index contributed by atoms with van der Waals surface area (Å²) >= 11 is 6.27. The van der Waals surface area contributed by atoms with Crippen LogP contribution in [0, 0.1) is 0 Å². The molecule has 0 aliphatic rings. The highest BCUT2D eigenvalue weighted by molar-refractivity contribution is 6.34. The van der Waals surface area contributed by atoms with E-state index < -0.39 is 29.7 Å². The molecule has 0 fully saturated rings. The first-order chi connectivity index (χ1) is 16.7. The monoisotopic (exact) mass is 495 g/mol. The van der Waals surface area contributed by atoms with E-state index in [1.165, 1.54) is 49.4 Å². The standard InChI is InChI=1S/C25H22ClN3O6/c1-15(25(34)35)29(28-23(32)17-7-3-2-4-8-17)24(33)20-11-10-18(13-21(20)26)22(31)27-14-16-6-5-9-19(30)12-16/h2-13,15,30H,14H2,1H3,(H,27,31)(H,28,32)(H,34,35)/t15-/m0/s1. The van der Waals surface area contributed by atoms with Crippen molar-refractivity contribution in [1.82, 2.24) is 15.8 Å². The Kier molecular flexibility index (Phi) is 8.06. The lowest BCUT2D eigenvalue weighted by molar-refractivity contribution is -0.142. The van der Waals surface area contributed by atoms with Crippen LogP contribution in [-0.4, -0.2) is 45.0 Å². The number of phenols is 1. The minimum absolute atomic E-state index is 0.0714. The van der Waals surface area contributed by atoms with Crippen LogP contribution in [0.4, 0.5) is 0 Å². The highest BCUT2D eigenvalue weighted by Gasteiger charge is 2.30. The van der Waals surface area contributed by atoms with Crippen LogP contribution < -0.4 is 10.7 Å². The first-order valence-corrected chi connectivity index (χ1v) is 10.8. The van der Waals surface area contributed by atoms with Crippen molar-refractivity contribution in [3.8, 4) is 5.75 Å². The maximum atomic E-state index is 13.1. The van der Waals surface area contributed by atoms with Gasteiger partial charge in [0.05, 0.1) is 10.6 Å². The van der Waals surface area contributed by atoms with Gasteiger partial charge in [0.25, 0.3) is 17.7 Å². The smallest absolute Gasteiger partial charge is 0.328 e. The number of hydrazine groups is 1. The fourth-order valence-electron chi connectivity index (χ4n) is 3.11. The molecule has 0 aliphatic heterocycles. The number of rotatable bonds is 7. The van der Waals surface area contributed by atoms with Gasteiger partial charge in [0.2, 0.25) is 0 Å². The zero-order valence-electron chi connectivity index (χ0n) is 18.6. The summed E-state index contributed by atoms with van der Waals surface area (Å²) in [4.78, 5) is 49.8. The molecule has 3 rings (SSSR count). The van der Waals surface area contributed by atoms with E-state index in [1.54, 1.807) is 30.3 Å². The van der Waals surface area contributed by atoms with Crippen molar-refractivity contribution in [2.75, 3.05) is 0 Å². The lowest BCUT2D eigenvalue weighted by Crippen LogP contribution is -2.53. The fraction of sp³-hybridized carbons (Fsp3) is 0.120. The highest BCUT2D eigenvalue weighted by Crippen LogP contribution is 2.21. The van der Waals surface area contributed by atoms with E-state index in [4.69, 9.17) is 11.6 Å². The van der Waals surface area contributed by atoms with Gasteiger partial charge in [-0.25, -0.2) is 9.80 Å². The third kappa shape index (κ3) is 6.36. The van der Waals surface area contributed by atoms with Gasteiger partial charge >= 0.3 is 5.97 Å². The molecule has 1 atom stereocenters. The maximum absolute atomic E-state index is 13.1. The maximum Gasteiger partial charge on any atom is 0.328 e. The van der Waals surface area contributed by atoms with E-state index in [1.807, 2.05) is 0 Å². The minimum atomic E-state index is -1.41. The number of halogens is 1. The summed E-state index contributed by atoms with van der Waals surface area (Å²) in [6.45, 7) is 1.39. The summed E-state index contributed by atoms with van der Waals surface area (Å²) in [6, 6.07) is 16.9. The number of amides is 3. The summed E-state index contributed by atoms with van der Waals surface area (Å²) in [5, 5.41) is 22.2. The molecule has 10 heteroatoms. The van der Waals surface area contributed by atoms with Crippen LogP contribution in [0.5, 0.6) is 5.75 Å². The van der Waals surface area contributed by atoms with Crippen LogP contribution >= 0.6 is 11.6 Å². The summed E-state index contributed by atoms with van der Waals surface area (Å²) in [5.74, 6) is -3.28. The highest BCUT2D eigenvalue weighted by atomic mass is 35.5. The number of aromatic hydroxyl groups is 1. The second-order valence-corrected chi connectivity index (χ2v) is 7.95. The minimum Gasteiger partial charge on any atom is -0.508 e. The Balaban J connectivity index is 1.78. The molecule has 9 nitrogen and oxygen atoms in total. The number of hydrogen-bond acceptors (Lipinski definition) is 5. The molecule has 3 amide bonds.